The lowest BCUT2D eigenvalue weighted by Crippen LogP contribution is -2.18. The maximum Gasteiger partial charge on any atom is 0.303 e. The molecule has 6 heteroatoms. The van der Waals surface area contributed by atoms with E-state index in [1.807, 2.05) is 24.3 Å². The van der Waals surface area contributed by atoms with Gasteiger partial charge in [-0.05, 0) is 49.6 Å². The molecular weight excluding hydrogens is 412 g/mol. The molecule has 3 rings (SSSR count). The van der Waals surface area contributed by atoms with E-state index in [4.69, 9.17) is 5.11 Å². The number of carboxylic acid groups (broad SMARTS) is 1. The van der Waals surface area contributed by atoms with E-state index in [0.717, 1.165) is 6.42 Å². The third-order valence-corrected chi connectivity index (χ3v) is 6.95. The Hall–Kier alpha value is -2.28. The lowest BCUT2D eigenvalue weighted by molar-refractivity contribution is -0.137. The number of carbonyl (C=O) groups is 2. The Morgan fingerprint density at radius 2 is 2.06 bits per heavy atom. The van der Waals surface area contributed by atoms with E-state index < -0.39 is 18.2 Å². The molecule has 4 atom stereocenters. The van der Waals surface area contributed by atoms with Gasteiger partial charge in [0.05, 0.1) is 12.2 Å². The van der Waals surface area contributed by atoms with Crippen LogP contribution in [0.5, 0.6) is 0 Å². The van der Waals surface area contributed by atoms with Crippen molar-refractivity contribution < 1.29 is 24.9 Å². The maximum atomic E-state index is 12.3. The number of allylic oxidation sites excluding steroid dienone is 2. The number of Topliss-reactive ketones (excluding diaryl/α,β-unsaturated/α-hetero) is 1. The van der Waals surface area contributed by atoms with Gasteiger partial charge in [-0.3, -0.25) is 9.59 Å². The van der Waals surface area contributed by atoms with Crippen LogP contribution in [0.1, 0.15) is 43.4 Å². The summed E-state index contributed by atoms with van der Waals surface area (Å²) in [6.45, 7) is 0. The van der Waals surface area contributed by atoms with Crippen LogP contribution in [0.4, 0.5) is 0 Å². The topological polar surface area (TPSA) is 94.8 Å². The van der Waals surface area contributed by atoms with Gasteiger partial charge in [-0.15, -0.1) is 11.3 Å². The highest BCUT2D eigenvalue weighted by atomic mass is 32.1. The molecule has 2 aromatic rings. The zero-order valence-corrected chi connectivity index (χ0v) is 18.3. The molecule has 0 aliphatic heterocycles. The highest BCUT2D eigenvalue weighted by molar-refractivity contribution is 7.19. The molecule has 1 saturated carbocycles. The predicted octanol–water partition coefficient (Wildman–Crippen LogP) is 4.52. The largest absolute Gasteiger partial charge is 0.481 e. The molecule has 0 bridgehead atoms. The van der Waals surface area contributed by atoms with Crippen LogP contribution in [0, 0.1) is 11.8 Å². The molecular formula is C25H30O5S. The summed E-state index contributed by atoms with van der Waals surface area (Å²) in [4.78, 5) is 24.0. The second kappa shape index (κ2) is 11.4. The van der Waals surface area contributed by atoms with E-state index in [1.54, 1.807) is 23.5 Å². The molecule has 0 saturated heterocycles. The van der Waals surface area contributed by atoms with Crippen molar-refractivity contribution in [2.45, 2.75) is 57.2 Å². The summed E-state index contributed by atoms with van der Waals surface area (Å²) >= 11 is 1.74. The average Bonchev–Trinajstić information content (AvgIpc) is 3.27. The van der Waals surface area contributed by atoms with Gasteiger partial charge in [0.25, 0.3) is 0 Å². The number of ketones is 1. The molecule has 1 fully saturated rings. The highest BCUT2D eigenvalue weighted by Crippen LogP contribution is 2.33. The molecule has 1 aliphatic carbocycles. The number of rotatable bonds is 11. The Kier molecular flexibility index (Phi) is 8.58. The van der Waals surface area contributed by atoms with Crippen molar-refractivity contribution in [1.29, 1.82) is 0 Å². The van der Waals surface area contributed by atoms with E-state index in [9.17, 15) is 19.8 Å². The molecule has 0 spiro atoms. The SMILES string of the molecule is O=C(O)CCC/C=C\C[C@H]1C(=O)C[C@@H](O)[C@@H]1/C=C/[C@@H](O)CCc1cc2ccccc2s1. The number of thiophene rings is 1. The van der Waals surface area contributed by atoms with Gasteiger partial charge < -0.3 is 15.3 Å². The van der Waals surface area contributed by atoms with E-state index in [2.05, 4.69) is 18.2 Å². The second-order valence-electron chi connectivity index (χ2n) is 8.16. The van der Waals surface area contributed by atoms with Gasteiger partial charge in [-0.1, -0.05) is 42.5 Å². The van der Waals surface area contributed by atoms with Gasteiger partial charge in [-0.2, -0.15) is 0 Å². The third kappa shape index (κ3) is 6.86. The van der Waals surface area contributed by atoms with E-state index in [-0.39, 0.29) is 30.5 Å². The molecule has 166 valence electrons. The summed E-state index contributed by atoms with van der Waals surface area (Å²) in [6, 6.07) is 10.4. The van der Waals surface area contributed by atoms with Crippen LogP contribution in [0.2, 0.25) is 0 Å². The predicted molar refractivity (Wildman–Crippen MR) is 123 cm³/mol. The van der Waals surface area contributed by atoms with Crippen molar-refractivity contribution >= 4 is 33.2 Å². The fourth-order valence-electron chi connectivity index (χ4n) is 4.06. The van der Waals surface area contributed by atoms with Crippen LogP contribution in [0.15, 0.2) is 54.6 Å². The first-order valence-electron chi connectivity index (χ1n) is 10.9. The smallest absolute Gasteiger partial charge is 0.303 e. The van der Waals surface area contributed by atoms with Crippen LogP contribution >= 0.6 is 11.3 Å². The monoisotopic (exact) mass is 442 g/mol. The zero-order valence-electron chi connectivity index (χ0n) is 17.5. The number of hydrogen-bond donors (Lipinski definition) is 3. The van der Waals surface area contributed by atoms with Gasteiger partial charge in [-0.25, -0.2) is 0 Å². The minimum atomic E-state index is -0.807. The molecule has 1 aliphatic rings. The van der Waals surface area contributed by atoms with Crippen molar-refractivity contribution in [3.8, 4) is 0 Å². The summed E-state index contributed by atoms with van der Waals surface area (Å²) < 4.78 is 1.24. The van der Waals surface area contributed by atoms with Crippen LogP contribution < -0.4 is 0 Å². The first kappa shape index (κ1) is 23.4. The third-order valence-electron chi connectivity index (χ3n) is 5.77. The molecule has 1 aromatic heterocycles. The number of carboxylic acids is 1. The lowest BCUT2D eigenvalue weighted by atomic mass is 9.90. The van der Waals surface area contributed by atoms with E-state index in [0.29, 0.717) is 25.7 Å². The Morgan fingerprint density at radius 1 is 1.26 bits per heavy atom. The first-order chi connectivity index (χ1) is 14.9. The summed E-state index contributed by atoms with van der Waals surface area (Å²) in [5.41, 5.74) is 0. The summed E-state index contributed by atoms with van der Waals surface area (Å²) in [6.07, 6.45) is 9.38. The standard InChI is InChI=1S/C25H30O5S/c26-18(11-13-19-15-17-7-5-6-9-24(17)31-19)12-14-21-20(22(27)16-23(21)28)8-3-1-2-4-10-25(29)30/h1,3,5-7,9,12,14-15,18,20-21,23,26,28H,2,4,8,10-11,13,16H2,(H,29,30)/b3-1-,14-12+/t18-,20+,21+,23+/m0/s1. The minimum absolute atomic E-state index is 0.0390. The molecule has 5 nitrogen and oxygen atoms in total. The lowest BCUT2D eigenvalue weighted by Gasteiger charge is -2.16. The Balaban J connectivity index is 1.49. The number of hydrogen-bond acceptors (Lipinski definition) is 5. The highest BCUT2D eigenvalue weighted by Gasteiger charge is 2.39. The number of aliphatic hydroxyl groups excluding tert-OH is 2. The second-order valence-corrected chi connectivity index (χ2v) is 9.32. The van der Waals surface area contributed by atoms with Gasteiger partial charge in [0.2, 0.25) is 0 Å². The Bertz CT molecular complexity index is 911. The molecule has 0 amide bonds. The maximum absolute atomic E-state index is 12.3. The normalized spacial score (nSPS) is 22.8. The molecule has 1 heterocycles. The van der Waals surface area contributed by atoms with Crippen molar-refractivity contribution in [2.75, 3.05) is 0 Å². The quantitative estimate of drug-likeness (QED) is 0.351. The summed E-state index contributed by atoms with van der Waals surface area (Å²) in [5, 5.41) is 30.6. The number of benzene rings is 1. The Labute approximate surface area is 186 Å². The van der Waals surface area contributed by atoms with Crippen LogP contribution in [0.25, 0.3) is 10.1 Å². The van der Waals surface area contributed by atoms with Crippen molar-refractivity contribution in [2.24, 2.45) is 11.8 Å². The van der Waals surface area contributed by atoms with Crippen molar-refractivity contribution in [3.63, 3.8) is 0 Å². The van der Waals surface area contributed by atoms with Crippen LogP contribution in [0.3, 0.4) is 0 Å². The number of carbonyl (C=O) groups excluding carboxylic acids is 1. The average molecular weight is 443 g/mol. The molecule has 0 unspecified atom stereocenters. The fourth-order valence-corrected chi connectivity index (χ4v) is 5.14. The molecule has 1 aromatic carbocycles. The van der Waals surface area contributed by atoms with Gasteiger partial charge in [0, 0.05) is 34.3 Å². The summed E-state index contributed by atoms with van der Waals surface area (Å²) in [7, 11) is 0. The van der Waals surface area contributed by atoms with E-state index in [1.165, 1.54) is 15.0 Å². The van der Waals surface area contributed by atoms with Crippen molar-refractivity contribution in [1.82, 2.24) is 0 Å². The number of aliphatic carboxylic acids is 1. The molecule has 3 N–H and O–H groups in total. The zero-order chi connectivity index (χ0) is 22.2. The number of aryl methyl sites for hydroxylation is 1. The molecule has 31 heavy (non-hydrogen) atoms. The summed E-state index contributed by atoms with van der Waals surface area (Å²) in [5.74, 6) is -1.36. The number of aliphatic hydroxyl groups is 2. The first-order valence-corrected chi connectivity index (χ1v) is 11.7. The minimum Gasteiger partial charge on any atom is -0.481 e. The molecule has 0 radical (unpaired) electrons. The Morgan fingerprint density at radius 3 is 2.84 bits per heavy atom. The van der Waals surface area contributed by atoms with E-state index >= 15 is 0 Å². The number of unbranched alkanes of at least 4 members (excludes halogenated alkanes) is 1. The van der Waals surface area contributed by atoms with Crippen molar-refractivity contribution in [3.05, 3.63) is 59.5 Å². The fraction of sp³-hybridized carbons (Fsp3) is 0.440. The van der Waals surface area contributed by atoms with Gasteiger partial charge in [0.1, 0.15) is 5.78 Å². The van der Waals surface area contributed by atoms with Crippen LogP contribution in [-0.2, 0) is 16.0 Å². The van der Waals surface area contributed by atoms with Crippen LogP contribution in [-0.4, -0.2) is 39.3 Å². The number of fused-ring (bicyclic) bond motifs is 1. The van der Waals surface area contributed by atoms with Gasteiger partial charge in [0.15, 0.2) is 0 Å². The van der Waals surface area contributed by atoms with Gasteiger partial charge >= 0.3 is 5.97 Å².